The van der Waals surface area contributed by atoms with E-state index in [4.69, 9.17) is 5.11 Å². The smallest absolute Gasteiger partial charge is 0.329 e. The molecule has 0 fully saturated rings. The van der Waals surface area contributed by atoms with Gasteiger partial charge >= 0.3 is 5.97 Å². The molecule has 0 radical (unpaired) electrons. The van der Waals surface area contributed by atoms with E-state index in [1.807, 2.05) is 0 Å². The van der Waals surface area contributed by atoms with Crippen LogP contribution < -0.4 is 5.32 Å². The van der Waals surface area contributed by atoms with Crippen molar-refractivity contribution in [2.24, 2.45) is 0 Å². The molecule has 0 amide bonds. The molecule has 64 valence electrons. The summed E-state index contributed by atoms with van der Waals surface area (Å²) in [6.07, 6.45) is 4.20. The molecule has 1 aromatic heterocycles. The van der Waals surface area contributed by atoms with Crippen LogP contribution in [0.25, 0.3) is 0 Å². The third kappa shape index (κ3) is 3.16. The molecule has 0 aliphatic heterocycles. The molecule has 12 heavy (non-hydrogen) atoms. The zero-order chi connectivity index (χ0) is 8.81. The van der Waals surface area contributed by atoms with E-state index in [1.165, 1.54) is 17.5 Å². The van der Waals surface area contributed by atoms with Gasteiger partial charge < -0.3 is 10.4 Å². The van der Waals surface area contributed by atoms with Crippen molar-refractivity contribution in [3.05, 3.63) is 28.9 Å². The lowest BCUT2D eigenvalue weighted by atomic mass is 10.5. The summed E-state index contributed by atoms with van der Waals surface area (Å²) in [4.78, 5) is 15.0. The number of carbonyl (C=O) groups is 1. The van der Waals surface area contributed by atoms with E-state index in [-0.39, 0.29) is 0 Å². The van der Waals surface area contributed by atoms with Gasteiger partial charge in [-0.25, -0.2) is 4.79 Å². The number of thiazole rings is 1. The highest BCUT2D eigenvalue weighted by atomic mass is 32.1. The highest BCUT2D eigenvalue weighted by molar-refractivity contribution is 7.09. The first-order valence-corrected chi connectivity index (χ1v) is 4.17. The van der Waals surface area contributed by atoms with Crippen LogP contribution in [0.15, 0.2) is 24.0 Å². The van der Waals surface area contributed by atoms with Crippen molar-refractivity contribution in [3.63, 3.8) is 0 Å². The third-order valence-corrected chi connectivity index (χ3v) is 1.88. The standard InChI is InChI=1S/C7H8N2O2S/c10-7(11)1-2-8-3-6-4-9-5-12-6/h1-2,4-5,8H,3H2,(H,10,11)/b2-1+. The minimum Gasteiger partial charge on any atom is -0.478 e. The predicted molar refractivity (Wildman–Crippen MR) is 45.7 cm³/mol. The molecular weight excluding hydrogens is 176 g/mol. The molecule has 2 N–H and O–H groups in total. The van der Waals surface area contributed by atoms with Gasteiger partial charge in [-0.15, -0.1) is 11.3 Å². The van der Waals surface area contributed by atoms with Crippen LogP contribution >= 0.6 is 11.3 Å². The van der Waals surface area contributed by atoms with Gasteiger partial charge in [0, 0.05) is 23.3 Å². The molecule has 0 aliphatic carbocycles. The van der Waals surface area contributed by atoms with Crippen LogP contribution in [0.3, 0.4) is 0 Å². The monoisotopic (exact) mass is 184 g/mol. The van der Waals surface area contributed by atoms with Crippen molar-refractivity contribution >= 4 is 17.3 Å². The molecule has 0 saturated heterocycles. The Hall–Kier alpha value is -1.36. The largest absolute Gasteiger partial charge is 0.478 e. The van der Waals surface area contributed by atoms with E-state index >= 15 is 0 Å². The molecule has 0 aromatic carbocycles. The maximum Gasteiger partial charge on any atom is 0.329 e. The average molecular weight is 184 g/mol. The van der Waals surface area contributed by atoms with Crippen LogP contribution in [0.5, 0.6) is 0 Å². The lowest BCUT2D eigenvalue weighted by Crippen LogP contribution is -2.03. The molecule has 0 saturated carbocycles. The quantitative estimate of drug-likeness (QED) is 0.680. The van der Waals surface area contributed by atoms with Crippen LogP contribution in [-0.2, 0) is 11.3 Å². The van der Waals surface area contributed by atoms with E-state index in [0.29, 0.717) is 6.54 Å². The average Bonchev–Trinajstić information content (AvgIpc) is 2.49. The summed E-state index contributed by atoms with van der Waals surface area (Å²) in [6.45, 7) is 0.619. The highest BCUT2D eigenvalue weighted by Crippen LogP contribution is 2.03. The minimum atomic E-state index is -0.952. The highest BCUT2D eigenvalue weighted by Gasteiger charge is 1.90. The second-order valence-corrected chi connectivity index (χ2v) is 2.99. The number of carboxylic acid groups (broad SMARTS) is 1. The zero-order valence-electron chi connectivity index (χ0n) is 6.23. The number of nitrogens with one attached hydrogen (secondary N) is 1. The maximum absolute atomic E-state index is 10.0. The second-order valence-electron chi connectivity index (χ2n) is 2.02. The number of nitrogens with zero attached hydrogens (tertiary/aromatic N) is 1. The van der Waals surface area contributed by atoms with Gasteiger partial charge in [-0.05, 0) is 0 Å². The lowest BCUT2D eigenvalue weighted by molar-refractivity contribution is -0.131. The van der Waals surface area contributed by atoms with Crippen molar-refractivity contribution < 1.29 is 9.90 Å². The fourth-order valence-electron chi connectivity index (χ4n) is 0.619. The van der Waals surface area contributed by atoms with Crippen LogP contribution in [0.1, 0.15) is 4.88 Å². The number of aromatic nitrogens is 1. The molecule has 0 bridgehead atoms. The van der Waals surface area contributed by atoms with Crippen molar-refractivity contribution in [2.45, 2.75) is 6.54 Å². The SMILES string of the molecule is O=C(O)/C=C/NCc1cncs1. The van der Waals surface area contributed by atoms with Gasteiger partial charge in [0.1, 0.15) is 0 Å². The molecule has 0 aliphatic rings. The van der Waals surface area contributed by atoms with Crippen LogP contribution in [0.4, 0.5) is 0 Å². The Morgan fingerprint density at radius 2 is 2.67 bits per heavy atom. The number of hydrogen-bond donors (Lipinski definition) is 2. The normalized spacial score (nSPS) is 10.3. The minimum absolute atomic E-state index is 0.619. The van der Waals surface area contributed by atoms with E-state index in [9.17, 15) is 4.79 Å². The molecule has 1 heterocycles. The fourth-order valence-corrected chi connectivity index (χ4v) is 1.16. The second kappa shape index (κ2) is 4.50. The van der Waals surface area contributed by atoms with E-state index in [1.54, 1.807) is 11.7 Å². The molecule has 1 aromatic rings. The van der Waals surface area contributed by atoms with E-state index in [2.05, 4.69) is 10.3 Å². The van der Waals surface area contributed by atoms with E-state index in [0.717, 1.165) is 11.0 Å². The van der Waals surface area contributed by atoms with Crippen molar-refractivity contribution in [1.29, 1.82) is 0 Å². The topological polar surface area (TPSA) is 62.2 Å². The molecule has 0 unspecified atom stereocenters. The summed E-state index contributed by atoms with van der Waals surface area (Å²) in [5, 5.41) is 11.1. The molecule has 5 heteroatoms. The Balaban J connectivity index is 2.23. The summed E-state index contributed by atoms with van der Waals surface area (Å²) >= 11 is 1.53. The number of carboxylic acids is 1. The molecule has 0 spiro atoms. The maximum atomic E-state index is 10.0. The van der Waals surface area contributed by atoms with Gasteiger partial charge in [0.2, 0.25) is 0 Å². The molecular formula is C7H8N2O2S. The van der Waals surface area contributed by atoms with Gasteiger partial charge in [0.25, 0.3) is 0 Å². The Morgan fingerprint density at radius 1 is 1.83 bits per heavy atom. The van der Waals surface area contributed by atoms with Gasteiger partial charge in [-0.3, -0.25) is 4.98 Å². The lowest BCUT2D eigenvalue weighted by Gasteiger charge is -1.93. The first kappa shape index (κ1) is 8.73. The molecule has 0 atom stereocenters. The van der Waals surface area contributed by atoms with Gasteiger partial charge in [0.05, 0.1) is 12.1 Å². The van der Waals surface area contributed by atoms with Gasteiger partial charge in [-0.1, -0.05) is 0 Å². The number of aliphatic carboxylic acids is 1. The Bertz CT molecular complexity index is 269. The summed E-state index contributed by atoms with van der Waals surface area (Å²) in [6, 6.07) is 0. The molecule has 1 rings (SSSR count). The van der Waals surface area contributed by atoms with E-state index < -0.39 is 5.97 Å². The number of rotatable bonds is 4. The summed E-state index contributed by atoms with van der Waals surface area (Å²) < 4.78 is 0. The summed E-state index contributed by atoms with van der Waals surface area (Å²) in [5.74, 6) is -0.952. The Labute approximate surface area is 73.6 Å². The zero-order valence-corrected chi connectivity index (χ0v) is 7.04. The first-order chi connectivity index (χ1) is 5.79. The molecule has 4 nitrogen and oxygen atoms in total. The summed E-state index contributed by atoms with van der Waals surface area (Å²) in [5.41, 5.74) is 1.73. The van der Waals surface area contributed by atoms with Crippen molar-refractivity contribution in [3.8, 4) is 0 Å². The van der Waals surface area contributed by atoms with Crippen molar-refractivity contribution in [2.75, 3.05) is 0 Å². The van der Waals surface area contributed by atoms with Crippen LogP contribution in [0, 0.1) is 0 Å². The van der Waals surface area contributed by atoms with Gasteiger partial charge in [0.15, 0.2) is 0 Å². The third-order valence-electron chi connectivity index (χ3n) is 1.10. The Kier molecular flexibility index (Phi) is 3.28. The summed E-state index contributed by atoms with van der Waals surface area (Å²) in [7, 11) is 0. The van der Waals surface area contributed by atoms with Crippen LogP contribution in [-0.4, -0.2) is 16.1 Å². The van der Waals surface area contributed by atoms with Crippen molar-refractivity contribution in [1.82, 2.24) is 10.3 Å². The fraction of sp³-hybridized carbons (Fsp3) is 0.143. The van der Waals surface area contributed by atoms with Gasteiger partial charge in [-0.2, -0.15) is 0 Å². The first-order valence-electron chi connectivity index (χ1n) is 3.29. The Morgan fingerprint density at radius 3 is 3.25 bits per heavy atom. The predicted octanol–water partition coefficient (Wildman–Crippen LogP) is 0.831. The van der Waals surface area contributed by atoms with Crippen LogP contribution in [0.2, 0.25) is 0 Å². The number of hydrogen-bond acceptors (Lipinski definition) is 4.